The van der Waals surface area contributed by atoms with Gasteiger partial charge in [-0.3, -0.25) is 5.43 Å². The summed E-state index contributed by atoms with van der Waals surface area (Å²) >= 11 is 0. The van der Waals surface area contributed by atoms with Crippen molar-refractivity contribution in [1.82, 2.24) is 9.97 Å². The van der Waals surface area contributed by atoms with Crippen LogP contribution in [0.2, 0.25) is 0 Å². The number of hydrogen-bond acceptors (Lipinski definition) is 7. The average molecular weight is 251 g/mol. The van der Waals surface area contributed by atoms with Gasteiger partial charge in [-0.05, 0) is 6.92 Å². The highest BCUT2D eigenvalue weighted by Gasteiger charge is 2.16. The van der Waals surface area contributed by atoms with Crippen molar-refractivity contribution in [2.45, 2.75) is 6.92 Å². The molecule has 0 spiro atoms. The number of nitrogens with one attached hydrogen (secondary N) is 2. The van der Waals surface area contributed by atoms with E-state index < -0.39 is 17.7 Å². The number of esters is 1. The number of aromatic amines is 1. The molecule has 0 bridgehead atoms. The number of anilines is 1. The number of rotatable bonds is 5. The molecular formula is C9H9N5O4. The van der Waals surface area contributed by atoms with Gasteiger partial charge >= 0.3 is 11.9 Å². The van der Waals surface area contributed by atoms with E-state index in [1.165, 1.54) is 12.4 Å². The van der Waals surface area contributed by atoms with Crippen LogP contribution in [0.4, 0.5) is 5.82 Å². The van der Waals surface area contributed by atoms with E-state index in [1.807, 2.05) is 0 Å². The Kier molecular flexibility index (Phi) is 4.39. The number of hydrazone groups is 1. The summed E-state index contributed by atoms with van der Waals surface area (Å²) in [7, 11) is 0. The van der Waals surface area contributed by atoms with Gasteiger partial charge in [-0.15, -0.1) is 0 Å². The third-order valence-corrected chi connectivity index (χ3v) is 1.70. The number of aliphatic carboxylic acids is 1. The third-order valence-electron chi connectivity index (χ3n) is 1.70. The lowest BCUT2D eigenvalue weighted by Crippen LogP contribution is -2.13. The second-order valence-electron chi connectivity index (χ2n) is 2.84. The molecule has 1 heterocycles. The number of hydrogen-bond donors (Lipinski definition) is 3. The first-order chi connectivity index (χ1) is 8.60. The lowest BCUT2D eigenvalue weighted by atomic mass is 10.4. The maximum Gasteiger partial charge on any atom is 0.367 e. The molecule has 0 saturated carbocycles. The number of aromatic nitrogens is 2. The first-order valence-electron chi connectivity index (χ1n) is 4.77. The predicted octanol–water partition coefficient (Wildman–Crippen LogP) is -0.0375. The number of carbonyl (C=O) groups excluding carboxylic acids is 1. The van der Waals surface area contributed by atoms with Crippen molar-refractivity contribution in [3.63, 3.8) is 0 Å². The normalized spacial score (nSPS) is 10.6. The fraction of sp³-hybridized carbons (Fsp3) is 0.222. The first kappa shape index (κ1) is 13.2. The van der Waals surface area contributed by atoms with E-state index in [0.717, 1.165) is 0 Å². The summed E-state index contributed by atoms with van der Waals surface area (Å²) in [6.07, 6.45) is 1.21. The van der Waals surface area contributed by atoms with Crippen molar-refractivity contribution in [3.05, 3.63) is 12.0 Å². The van der Waals surface area contributed by atoms with Crippen LogP contribution in [0.25, 0.3) is 0 Å². The first-order valence-corrected chi connectivity index (χ1v) is 4.77. The van der Waals surface area contributed by atoms with Crippen LogP contribution in [0.3, 0.4) is 0 Å². The smallest absolute Gasteiger partial charge is 0.367 e. The van der Waals surface area contributed by atoms with Crippen LogP contribution in [0.5, 0.6) is 0 Å². The Morgan fingerprint density at radius 2 is 2.44 bits per heavy atom. The molecule has 0 fully saturated rings. The van der Waals surface area contributed by atoms with Crippen LogP contribution in [0, 0.1) is 11.3 Å². The number of carboxylic acid groups (broad SMARTS) is 1. The molecule has 3 N–H and O–H groups in total. The number of nitriles is 1. The molecule has 0 atom stereocenters. The van der Waals surface area contributed by atoms with E-state index in [2.05, 4.69) is 20.5 Å². The molecule has 94 valence electrons. The summed E-state index contributed by atoms with van der Waals surface area (Å²) in [4.78, 5) is 28.1. The summed E-state index contributed by atoms with van der Waals surface area (Å²) in [5, 5.41) is 20.3. The van der Waals surface area contributed by atoms with Gasteiger partial charge in [-0.2, -0.15) is 10.4 Å². The zero-order valence-corrected chi connectivity index (χ0v) is 9.30. The Labute approximate surface area is 101 Å². The highest BCUT2D eigenvalue weighted by molar-refractivity contribution is 6.42. The number of H-pyrrole nitrogens is 1. The summed E-state index contributed by atoms with van der Waals surface area (Å²) in [5.41, 5.74) is 1.44. The zero-order chi connectivity index (χ0) is 13.5. The molecule has 0 saturated heterocycles. The molecule has 18 heavy (non-hydrogen) atoms. The van der Waals surface area contributed by atoms with Gasteiger partial charge in [-0.25, -0.2) is 14.6 Å². The second-order valence-corrected chi connectivity index (χ2v) is 2.84. The summed E-state index contributed by atoms with van der Waals surface area (Å²) < 4.78 is 4.73. The molecule has 1 rings (SSSR count). The van der Waals surface area contributed by atoms with Gasteiger partial charge in [0.05, 0.1) is 12.9 Å². The van der Waals surface area contributed by atoms with Crippen molar-refractivity contribution in [1.29, 1.82) is 5.26 Å². The van der Waals surface area contributed by atoms with Crippen molar-refractivity contribution < 1.29 is 19.4 Å². The third kappa shape index (κ3) is 3.05. The van der Waals surface area contributed by atoms with E-state index in [-0.39, 0.29) is 18.1 Å². The number of imidazole rings is 1. The Hall–Kier alpha value is -2.89. The molecule has 0 unspecified atom stereocenters. The fourth-order valence-electron chi connectivity index (χ4n) is 0.967. The Bertz CT molecular complexity index is 527. The summed E-state index contributed by atoms with van der Waals surface area (Å²) in [6.45, 7) is 1.82. The molecule has 1 aromatic heterocycles. The van der Waals surface area contributed by atoms with Crippen LogP contribution < -0.4 is 5.43 Å². The summed E-state index contributed by atoms with van der Waals surface area (Å²) in [5.74, 6) is -2.18. The molecule has 0 aliphatic carbocycles. The van der Waals surface area contributed by atoms with Gasteiger partial charge in [-0.1, -0.05) is 0 Å². The van der Waals surface area contributed by atoms with Gasteiger partial charge in [0.1, 0.15) is 6.07 Å². The van der Waals surface area contributed by atoms with Crippen molar-refractivity contribution in [2.75, 3.05) is 12.0 Å². The molecule has 0 aliphatic heterocycles. The maximum absolute atomic E-state index is 11.4. The van der Waals surface area contributed by atoms with Crippen LogP contribution in [-0.4, -0.2) is 39.3 Å². The molecule has 1 aromatic rings. The van der Waals surface area contributed by atoms with Crippen LogP contribution in [0.15, 0.2) is 11.4 Å². The van der Waals surface area contributed by atoms with Crippen molar-refractivity contribution >= 4 is 23.5 Å². The van der Waals surface area contributed by atoms with Gasteiger partial charge in [0.15, 0.2) is 11.5 Å². The SMILES string of the molecule is CCOC(=O)c1[nH]cnc1NN=C(C#N)C(=O)O. The van der Waals surface area contributed by atoms with E-state index in [4.69, 9.17) is 15.1 Å². The highest BCUT2D eigenvalue weighted by atomic mass is 16.5. The Balaban J connectivity index is 2.87. The minimum Gasteiger partial charge on any atom is -0.476 e. The lowest BCUT2D eigenvalue weighted by molar-refractivity contribution is -0.129. The molecule has 0 aliphatic rings. The molecule has 0 aromatic carbocycles. The van der Waals surface area contributed by atoms with Crippen molar-refractivity contribution in [2.24, 2.45) is 5.10 Å². The van der Waals surface area contributed by atoms with Gasteiger partial charge < -0.3 is 14.8 Å². The number of carbonyl (C=O) groups is 2. The molecular weight excluding hydrogens is 242 g/mol. The molecule has 0 radical (unpaired) electrons. The Morgan fingerprint density at radius 1 is 1.72 bits per heavy atom. The predicted molar refractivity (Wildman–Crippen MR) is 58.9 cm³/mol. The number of nitrogens with zero attached hydrogens (tertiary/aromatic N) is 3. The minimum atomic E-state index is -1.49. The van der Waals surface area contributed by atoms with E-state index in [0.29, 0.717) is 0 Å². The van der Waals surface area contributed by atoms with Crippen LogP contribution in [-0.2, 0) is 9.53 Å². The topological polar surface area (TPSA) is 140 Å². The van der Waals surface area contributed by atoms with Crippen LogP contribution >= 0.6 is 0 Å². The standard InChI is InChI=1S/C9H9N5O4/c1-2-18-9(17)6-7(12-4-11-6)14-13-5(3-10)8(15)16/h4,14H,2H2,1H3,(H,11,12)(H,15,16). The highest BCUT2D eigenvalue weighted by Crippen LogP contribution is 2.10. The summed E-state index contributed by atoms with van der Waals surface area (Å²) in [6, 6.07) is 1.37. The molecule has 0 amide bonds. The fourth-order valence-corrected chi connectivity index (χ4v) is 0.967. The quantitative estimate of drug-likeness (QED) is 0.379. The van der Waals surface area contributed by atoms with Gasteiger partial charge in [0.2, 0.25) is 5.71 Å². The zero-order valence-electron chi connectivity index (χ0n) is 9.30. The number of ether oxygens (including phenoxy) is 1. The van der Waals surface area contributed by atoms with Gasteiger partial charge in [0.25, 0.3) is 0 Å². The van der Waals surface area contributed by atoms with E-state index >= 15 is 0 Å². The van der Waals surface area contributed by atoms with E-state index in [9.17, 15) is 9.59 Å². The van der Waals surface area contributed by atoms with Crippen LogP contribution in [0.1, 0.15) is 17.4 Å². The Morgan fingerprint density at radius 3 is 3.00 bits per heavy atom. The maximum atomic E-state index is 11.4. The molecule has 9 heteroatoms. The number of carboxylic acids is 1. The second kappa shape index (κ2) is 6.00. The van der Waals surface area contributed by atoms with Gasteiger partial charge in [0, 0.05) is 0 Å². The van der Waals surface area contributed by atoms with E-state index in [1.54, 1.807) is 6.92 Å². The minimum absolute atomic E-state index is 0.0109. The monoisotopic (exact) mass is 251 g/mol. The largest absolute Gasteiger partial charge is 0.476 e. The van der Waals surface area contributed by atoms with Crippen molar-refractivity contribution in [3.8, 4) is 6.07 Å². The lowest BCUT2D eigenvalue weighted by Gasteiger charge is -2.01. The molecule has 9 nitrogen and oxygen atoms in total. The average Bonchev–Trinajstić information content (AvgIpc) is 2.78.